The molecule has 0 spiro atoms. The van der Waals surface area contributed by atoms with Crippen molar-refractivity contribution in [3.8, 4) is 0 Å². The van der Waals surface area contributed by atoms with Crippen molar-refractivity contribution < 1.29 is 19.4 Å². The minimum Gasteiger partial charge on any atom is -0.481 e. The summed E-state index contributed by atoms with van der Waals surface area (Å²) in [7, 11) is 0. The quantitative estimate of drug-likeness (QED) is 0.720. The summed E-state index contributed by atoms with van der Waals surface area (Å²) in [5.41, 5.74) is 0. The van der Waals surface area contributed by atoms with Crippen LogP contribution >= 0.6 is 0 Å². The van der Waals surface area contributed by atoms with Crippen molar-refractivity contribution in [1.82, 2.24) is 10.2 Å². The number of nitrogens with one attached hydrogen (secondary N) is 1. The van der Waals surface area contributed by atoms with Gasteiger partial charge < -0.3 is 20.1 Å². The molecule has 2 amide bonds. The summed E-state index contributed by atoms with van der Waals surface area (Å²) in [6.45, 7) is 4.19. The fourth-order valence-electron chi connectivity index (χ4n) is 1.50. The SMILES string of the molecule is CCC(CNC(=O)N1CCOCC1)C(=O)O. The average molecular weight is 230 g/mol. The summed E-state index contributed by atoms with van der Waals surface area (Å²) in [5.74, 6) is -1.38. The number of morpholine rings is 1. The van der Waals surface area contributed by atoms with Gasteiger partial charge in [0, 0.05) is 19.6 Å². The number of hydrogen-bond acceptors (Lipinski definition) is 3. The lowest BCUT2D eigenvalue weighted by atomic mass is 10.1. The van der Waals surface area contributed by atoms with E-state index in [1.54, 1.807) is 11.8 Å². The second-order valence-corrected chi connectivity index (χ2v) is 3.73. The molecule has 0 aliphatic carbocycles. The van der Waals surface area contributed by atoms with Gasteiger partial charge in [-0.25, -0.2) is 4.79 Å². The molecule has 6 heteroatoms. The number of amides is 2. The van der Waals surface area contributed by atoms with E-state index in [0.29, 0.717) is 32.7 Å². The van der Waals surface area contributed by atoms with Crippen LogP contribution < -0.4 is 5.32 Å². The monoisotopic (exact) mass is 230 g/mol. The van der Waals surface area contributed by atoms with E-state index in [9.17, 15) is 9.59 Å². The first kappa shape index (κ1) is 12.8. The Morgan fingerprint density at radius 3 is 2.56 bits per heavy atom. The predicted molar refractivity (Wildman–Crippen MR) is 57.2 cm³/mol. The molecule has 1 aliphatic heterocycles. The molecule has 0 bridgehead atoms. The molecule has 1 rings (SSSR count). The van der Waals surface area contributed by atoms with Gasteiger partial charge in [-0.1, -0.05) is 6.92 Å². The summed E-state index contributed by atoms with van der Waals surface area (Å²) in [4.78, 5) is 24.0. The molecule has 0 aromatic heterocycles. The fraction of sp³-hybridized carbons (Fsp3) is 0.800. The Kier molecular flexibility index (Phi) is 5.04. The number of hydrogen-bond donors (Lipinski definition) is 2. The van der Waals surface area contributed by atoms with Gasteiger partial charge in [0.05, 0.1) is 19.1 Å². The summed E-state index contributed by atoms with van der Waals surface area (Å²) >= 11 is 0. The lowest BCUT2D eigenvalue weighted by Gasteiger charge is -2.27. The molecule has 6 nitrogen and oxygen atoms in total. The molecule has 2 N–H and O–H groups in total. The minimum absolute atomic E-state index is 0.183. The van der Waals surface area contributed by atoms with Gasteiger partial charge in [-0.05, 0) is 6.42 Å². The first-order chi connectivity index (χ1) is 7.65. The highest BCUT2D eigenvalue weighted by atomic mass is 16.5. The average Bonchev–Trinajstić information content (AvgIpc) is 2.30. The van der Waals surface area contributed by atoms with Crippen molar-refractivity contribution in [3.05, 3.63) is 0 Å². The molecule has 0 radical (unpaired) electrons. The van der Waals surface area contributed by atoms with E-state index < -0.39 is 11.9 Å². The number of rotatable bonds is 4. The number of ether oxygens (including phenoxy) is 1. The number of carboxylic acid groups (broad SMARTS) is 1. The third kappa shape index (κ3) is 3.69. The maximum absolute atomic E-state index is 11.6. The molecule has 16 heavy (non-hydrogen) atoms. The van der Waals surface area contributed by atoms with E-state index in [0.717, 1.165) is 0 Å². The van der Waals surface area contributed by atoms with Gasteiger partial charge in [-0.3, -0.25) is 4.79 Å². The Labute approximate surface area is 94.6 Å². The van der Waals surface area contributed by atoms with Crippen LogP contribution in [-0.2, 0) is 9.53 Å². The van der Waals surface area contributed by atoms with E-state index in [2.05, 4.69) is 5.32 Å². The van der Waals surface area contributed by atoms with Crippen LogP contribution in [0.2, 0.25) is 0 Å². The second-order valence-electron chi connectivity index (χ2n) is 3.73. The topological polar surface area (TPSA) is 78.9 Å². The Morgan fingerprint density at radius 2 is 2.06 bits per heavy atom. The maximum atomic E-state index is 11.6. The number of carboxylic acids is 1. The maximum Gasteiger partial charge on any atom is 0.317 e. The lowest BCUT2D eigenvalue weighted by molar-refractivity contribution is -0.141. The molecule has 1 atom stereocenters. The minimum atomic E-state index is -0.871. The van der Waals surface area contributed by atoms with Gasteiger partial charge in [0.1, 0.15) is 0 Å². The number of nitrogens with zero attached hydrogens (tertiary/aromatic N) is 1. The van der Waals surface area contributed by atoms with Gasteiger partial charge in [0.25, 0.3) is 0 Å². The standard InChI is InChI=1S/C10H18N2O4/c1-2-8(9(13)14)7-11-10(15)12-3-5-16-6-4-12/h8H,2-7H2,1H3,(H,11,15)(H,13,14). The van der Waals surface area contributed by atoms with Crippen molar-refractivity contribution in [2.75, 3.05) is 32.8 Å². The van der Waals surface area contributed by atoms with E-state index in [-0.39, 0.29) is 12.6 Å². The Hall–Kier alpha value is -1.30. The van der Waals surface area contributed by atoms with Crippen molar-refractivity contribution in [3.63, 3.8) is 0 Å². The summed E-state index contributed by atoms with van der Waals surface area (Å²) in [6, 6.07) is -0.206. The van der Waals surface area contributed by atoms with Crippen LogP contribution in [0.4, 0.5) is 4.79 Å². The smallest absolute Gasteiger partial charge is 0.317 e. The molecule has 1 unspecified atom stereocenters. The van der Waals surface area contributed by atoms with Crippen LogP contribution in [0.3, 0.4) is 0 Å². The van der Waals surface area contributed by atoms with Gasteiger partial charge in [0.2, 0.25) is 0 Å². The predicted octanol–water partition coefficient (Wildman–Crippen LogP) is 0.139. The number of carbonyl (C=O) groups excluding carboxylic acids is 1. The zero-order valence-electron chi connectivity index (χ0n) is 9.44. The first-order valence-corrected chi connectivity index (χ1v) is 5.48. The van der Waals surface area contributed by atoms with Crippen molar-refractivity contribution in [2.45, 2.75) is 13.3 Å². The molecule has 0 aromatic rings. The molecule has 0 saturated carbocycles. The molecule has 1 aliphatic rings. The summed E-state index contributed by atoms with van der Waals surface area (Å²) in [6.07, 6.45) is 0.513. The highest BCUT2D eigenvalue weighted by Crippen LogP contribution is 2.02. The molecule has 1 fully saturated rings. The van der Waals surface area contributed by atoms with Crippen LogP contribution in [0, 0.1) is 5.92 Å². The summed E-state index contributed by atoms with van der Waals surface area (Å²) < 4.78 is 5.12. The van der Waals surface area contributed by atoms with Gasteiger partial charge >= 0.3 is 12.0 Å². The Bertz CT molecular complexity index is 251. The van der Waals surface area contributed by atoms with Crippen molar-refractivity contribution >= 4 is 12.0 Å². The molecular weight excluding hydrogens is 212 g/mol. The largest absolute Gasteiger partial charge is 0.481 e. The number of aliphatic carboxylic acids is 1. The zero-order valence-corrected chi connectivity index (χ0v) is 9.44. The van der Waals surface area contributed by atoms with E-state index in [1.165, 1.54) is 0 Å². The van der Waals surface area contributed by atoms with Crippen LogP contribution in [0.15, 0.2) is 0 Å². The van der Waals surface area contributed by atoms with Crippen LogP contribution in [0.1, 0.15) is 13.3 Å². The van der Waals surface area contributed by atoms with Gasteiger partial charge in [-0.15, -0.1) is 0 Å². The van der Waals surface area contributed by atoms with E-state index >= 15 is 0 Å². The van der Waals surface area contributed by atoms with E-state index in [4.69, 9.17) is 9.84 Å². The third-order valence-electron chi connectivity index (χ3n) is 2.64. The van der Waals surface area contributed by atoms with Crippen LogP contribution in [0.25, 0.3) is 0 Å². The zero-order chi connectivity index (χ0) is 12.0. The molecule has 92 valence electrons. The van der Waals surface area contributed by atoms with Crippen LogP contribution in [-0.4, -0.2) is 54.9 Å². The fourth-order valence-corrected chi connectivity index (χ4v) is 1.50. The lowest BCUT2D eigenvalue weighted by Crippen LogP contribution is -2.47. The molecule has 1 heterocycles. The van der Waals surface area contributed by atoms with E-state index in [1.807, 2.05) is 0 Å². The van der Waals surface area contributed by atoms with Crippen molar-refractivity contribution in [1.29, 1.82) is 0 Å². The highest BCUT2D eigenvalue weighted by molar-refractivity contribution is 5.76. The third-order valence-corrected chi connectivity index (χ3v) is 2.64. The van der Waals surface area contributed by atoms with Crippen LogP contribution in [0.5, 0.6) is 0 Å². The Morgan fingerprint density at radius 1 is 1.44 bits per heavy atom. The second kappa shape index (κ2) is 6.32. The first-order valence-electron chi connectivity index (χ1n) is 5.48. The normalized spacial score (nSPS) is 17.9. The number of urea groups is 1. The molecule has 0 aromatic carbocycles. The van der Waals surface area contributed by atoms with Gasteiger partial charge in [0.15, 0.2) is 0 Å². The molecular formula is C10H18N2O4. The Balaban J connectivity index is 2.30. The van der Waals surface area contributed by atoms with Gasteiger partial charge in [-0.2, -0.15) is 0 Å². The molecule has 1 saturated heterocycles. The highest BCUT2D eigenvalue weighted by Gasteiger charge is 2.20. The van der Waals surface area contributed by atoms with Crippen molar-refractivity contribution in [2.24, 2.45) is 5.92 Å². The number of carbonyl (C=O) groups is 2. The summed E-state index contributed by atoms with van der Waals surface area (Å²) in [5, 5.41) is 11.4.